The van der Waals surface area contributed by atoms with E-state index in [4.69, 9.17) is 0 Å². The fraction of sp³-hybridized carbons (Fsp3) is 0.545. The van der Waals surface area contributed by atoms with Crippen molar-refractivity contribution in [1.29, 1.82) is 0 Å². The van der Waals surface area contributed by atoms with Gasteiger partial charge >= 0.3 is 0 Å². The van der Waals surface area contributed by atoms with Crippen LogP contribution in [0.15, 0.2) is 6.20 Å². The molecule has 1 fully saturated rings. The number of thiazole rings is 1. The summed E-state index contributed by atoms with van der Waals surface area (Å²) < 4.78 is 0. The maximum Gasteiger partial charge on any atom is 0.205 e. The lowest BCUT2D eigenvalue weighted by Crippen LogP contribution is -2.44. The Kier molecular flexibility index (Phi) is 3.63. The van der Waals surface area contributed by atoms with Crippen LogP contribution in [0.4, 0.5) is 10.3 Å². The Morgan fingerprint density at radius 2 is 1.95 bits per heavy atom. The van der Waals surface area contributed by atoms with Gasteiger partial charge in [-0.05, 0) is 7.05 Å². The van der Waals surface area contributed by atoms with Crippen LogP contribution in [-0.2, 0) is 0 Å². The summed E-state index contributed by atoms with van der Waals surface area (Å²) in [6, 6.07) is 0. The number of anilines is 2. The molecule has 1 aliphatic heterocycles. The SMILES string of the molecule is CNc1nnc(-c2cnc(N3CCN(C)CC3)s2)s1. The lowest BCUT2D eigenvalue weighted by Gasteiger charge is -2.32. The molecule has 0 unspecified atom stereocenters. The number of rotatable bonds is 3. The summed E-state index contributed by atoms with van der Waals surface area (Å²) in [5.41, 5.74) is 0. The molecular formula is C11H16N6S2. The molecule has 0 saturated carbocycles. The normalized spacial score (nSPS) is 16.8. The topological polar surface area (TPSA) is 57.2 Å². The Morgan fingerprint density at radius 3 is 2.63 bits per heavy atom. The van der Waals surface area contributed by atoms with Gasteiger partial charge in [-0.15, -0.1) is 10.2 Å². The highest BCUT2D eigenvalue weighted by Gasteiger charge is 2.18. The lowest BCUT2D eigenvalue weighted by molar-refractivity contribution is 0.313. The van der Waals surface area contributed by atoms with Crippen molar-refractivity contribution in [3.63, 3.8) is 0 Å². The molecular weight excluding hydrogens is 280 g/mol. The first kappa shape index (κ1) is 12.8. The quantitative estimate of drug-likeness (QED) is 0.925. The van der Waals surface area contributed by atoms with Crippen molar-refractivity contribution >= 4 is 32.9 Å². The van der Waals surface area contributed by atoms with Crippen molar-refractivity contribution in [2.75, 3.05) is 50.5 Å². The monoisotopic (exact) mass is 296 g/mol. The van der Waals surface area contributed by atoms with E-state index in [1.165, 1.54) is 0 Å². The van der Waals surface area contributed by atoms with Crippen LogP contribution in [0.5, 0.6) is 0 Å². The van der Waals surface area contributed by atoms with E-state index in [9.17, 15) is 0 Å². The Balaban J connectivity index is 1.75. The van der Waals surface area contributed by atoms with Crippen LogP contribution in [0.2, 0.25) is 0 Å². The zero-order valence-corrected chi connectivity index (χ0v) is 12.6. The van der Waals surface area contributed by atoms with Crippen molar-refractivity contribution < 1.29 is 0 Å². The highest BCUT2D eigenvalue weighted by atomic mass is 32.1. The van der Waals surface area contributed by atoms with Crippen molar-refractivity contribution in [2.24, 2.45) is 0 Å². The van der Waals surface area contributed by atoms with Gasteiger partial charge in [0.05, 0.1) is 11.1 Å². The number of aromatic nitrogens is 3. The molecule has 1 aliphatic rings. The van der Waals surface area contributed by atoms with E-state index >= 15 is 0 Å². The van der Waals surface area contributed by atoms with Gasteiger partial charge in [-0.3, -0.25) is 0 Å². The number of piperazine rings is 1. The molecule has 8 heteroatoms. The molecule has 2 aromatic rings. The molecule has 102 valence electrons. The second kappa shape index (κ2) is 5.40. The van der Waals surface area contributed by atoms with Gasteiger partial charge in [0.2, 0.25) is 5.13 Å². The van der Waals surface area contributed by atoms with Crippen LogP contribution in [0, 0.1) is 0 Å². The molecule has 1 saturated heterocycles. The number of likely N-dealkylation sites (N-methyl/N-ethyl adjacent to an activating group) is 1. The van der Waals surface area contributed by atoms with Crippen molar-refractivity contribution in [3.8, 4) is 9.88 Å². The molecule has 0 bridgehead atoms. The molecule has 0 aromatic carbocycles. The minimum atomic E-state index is 0.838. The molecule has 2 aromatic heterocycles. The van der Waals surface area contributed by atoms with Crippen molar-refractivity contribution in [1.82, 2.24) is 20.1 Å². The summed E-state index contributed by atoms with van der Waals surface area (Å²) in [7, 11) is 4.01. The summed E-state index contributed by atoms with van der Waals surface area (Å²) in [6.07, 6.45) is 1.90. The van der Waals surface area contributed by atoms with Gasteiger partial charge in [-0.25, -0.2) is 4.98 Å². The van der Waals surface area contributed by atoms with E-state index in [2.05, 4.69) is 37.3 Å². The third-order valence-electron chi connectivity index (χ3n) is 3.12. The molecule has 6 nitrogen and oxygen atoms in total. The smallest absolute Gasteiger partial charge is 0.205 e. The zero-order valence-electron chi connectivity index (χ0n) is 11.0. The molecule has 0 aliphatic carbocycles. The zero-order chi connectivity index (χ0) is 13.2. The van der Waals surface area contributed by atoms with Gasteiger partial charge in [0.25, 0.3) is 0 Å². The Bertz CT molecular complexity index is 543. The Hall–Kier alpha value is -1.25. The molecule has 0 amide bonds. The Morgan fingerprint density at radius 1 is 1.16 bits per heavy atom. The van der Waals surface area contributed by atoms with E-state index in [0.29, 0.717) is 0 Å². The highest BCUT2D eigenvalue weighted by Crippen LogP contribution is 2.34. The summed E-state index contributed by atoms with van der Waals surface area (Å²) in [5, 5.41) is 14.1. The molecule has 0 spiro atoms. The van der Waals surface area contributed by atoms with Gasteiger partial charge in [0, 0.05) is 33.2 Å². The minimum Gasteiger partial charge on any atom is -0.363 e. The first-order valence-corrected chi connectivity index (χ1v) is 7.80. The maximum atomic E-state index is 4.52. The summed E-state index contributed by atoms with van der Waals surface area (Å²) >= 11 is 3.25. The largest absolute Gasteiger partial charge is 0.363 e. The van der Waals surface area contributed by atoms with E-state index in [0.717, 1.165) is 46.3 Å². The third-order valence-corrected chi connectivity index (χ3v) is 5.29. The van der Waals surface area contributed by atoms with Crippen LogP contribution in [-0.4, -0.2) is 60.4 Å². The summed E-state index contributed by atoms with van der Waals surface area (Å²) in [5.74, 6) is 0. The maximum absolute atomic E-state index is 4.52. The average Bonchev–Trinajstić information content (AvgIpc) is 3.08. The number of hydrogen-bond acceptors (Lipinski definition) is 8. The Labute approximate surface area is 120 Å². The van der Waals surface area contributed by atoms with Gasteiger partial charge in [-0.1, -0.05) is 22.7 Å². The van der Waals surface area contributed by atoms with Crippen LogP contribution >= 0.6 is 22.7 Å². The number of nitrogens with zero attached hydrogens (tertiary/aromatic N) is 5. The molecule has 1 N–H and O–H groups in total. The minimum absolute atomic E-state index is 0.838. The number of hydrogen-bond donors (Lipinski definition) is 1. The van der Waals surface area contributed by atoms with Crippen LogP contribution in [0.1, 0.15) is 0 Å². The lowest BCUT2D eigenvalue weighted by atomic mass is 10.3. The summed E-state index contributed by atoms with van der Waals surface area (Å²) in [6.45, 7) is 4.28. The fourth-order valence-electron chi connectivity index (χ4n) is 1.93. The van der Waals surface area contributed by atoms with E-state index < -0.39 is 0 Å². The molecule has 0 atom stereocenters. The van der Waals surface area contributed by atoms with E-state index in [1.54, 1.807) is 22.7 Å². The molecule has 3 heterocycles. The third kappa shape index (κ3) is 2.70. The van der Waals surface area contributed by atoms with Crippen LogP contribution in [0.3, 0.4) is 0 Å². The van der Waals surface area contributed by atoms with E-state index in [1.807, 2.05) is 13.2 Å². The van der Waals surface area contributed by atoms with Gasteiger partial charge in [-0.2, -0.15) is 0 Å². The van der Waals surface area contributed by atoms with Crippen LogP contribution < -0.4 is 10.2 Å². The average molecular weight is 296 g/mol. The molecule has 19 heavy (non-hydrogen) atoms. The van der Waals surface area contributed by atoms with Crippen LogP contribution in [0.25, 0.3) is 9.88 Å². The van der Waals surface area contributed by atoms with E-state index in [-0.39, 0.29) is 0 Å². The number of nitrogens with one attached hydrogen (secondary N) is 1. The second-order valence-electron chi connectivity index (χ2n) is 4.46. The van der Waals surface area contributed by atoms with Gasteiger partial charge in [0.15, 0.2) is 10.1 Å². The van der Waals surface area contributed by atoms with Crippen molar-refractivity contribution in [3.05, 3.63) is 6.20 Å². The molecule has 0 radical (unpaired) electrons. The second-order valence-corrected chi connectivity index (χ2v) is 6.45. The van der Waals surface area contributed by atoms with Gasteiger partial charge in [0.1, 0.15) is 0 Å². The first-order chi connectivity index (χ1) is 9.26. The fourth-order valence-corrected chi connectivity index (χ4v) is 3.63. The standard InChI is InChI=1S/C11H16N6S2/c1-12-10-15-14-9(19-10)8-7-13-11(18-8)17-5-3-16(2)4-6-17/h7H,3-6H2,1-2H3,(H,12,15). The van der Waals surface area contributed by atoms with Gasteiger partial charge < -0.3 is 15.1 Å². The summed E-state index contributed by atoms with van der Waals surface area (Å²) in [4.78, 5) is 10.3. The first-order valence-electron chi connectivity index (χ1n) is 6.17. The predicted octanol–water partition coefficient (Wildman–Crippen LogP) is 1.46. The van der Waals surface area contributed by atoms with Crippen molar-refractivity contribution in [2.45, 2.75) is 0 Å². The highest BCUT2D eigenvalue weighted by molar-refractivity contribution is 7.25. The predicted molar refractivity (Wildman–Crippen MR) is 80.3 cm³/mol. The molecule has 3 rings (SSSR count).